The van der Waals surface area contributed by atoms with Crippen molar-refractivity contribution in [3.63, 3.8) is 0 Å². The number of anilines is 2. The number of benzene rings is 3. The monoisotopic (exact) mass is 570 g/mol. The minimum absolute atomic E-state index is 0.0666. The van der Waals surface area contributed by atoms with Gasteiger partial charge >= 0.3 is 5.97 Å². The molecular weight excluding hydrogens is 535 g/mol. The van der Waals surface area contributed by atoms with Crippen LogP contribution in [0, 0.1) is 11.7 Å². The number of hydrogen-bond acceptors (Lipinski definition) is 5. The van der Waals surface area contributed by atoms with Crippen LogP contribution < -0.4 is 15.0 Å². The quantitative estimate of drug-likeness (QED) is 0.255. The van der Waals surface area contributed by atoms with Gasteiger partial charge in [0.15, 0.2) is 0 Å². The number of amides is 1. The van der Waals surface area contributed by atoms with Gasteiger partial charge in [0, 0.05) is 24.5 Å². The molecule has 3 aromatic carbocycles. The maximum absolute atomic E-state index is 14.1. The number of aliphatic carboxylic acids is 1. The summed E-state index contributed by atoms with van der Waals surface area (Å²) in [6, 6.07) is 20.2. The third-order valence-electron chi connectivity index (χ3n) is 7.88. The molecule has 2 N–H and O–H groups in total. The molecule has 0 saturated heterocycles. The summed E-state index contributed by atoms with van der Waals surface area (Å²) in [6.45, 7) is 2.74. The number of carboxylic acids is 1. The predicted octanol–water partition coefficient (Wildman–Crippen LogP) is 7.02. The van der Waals surface area contributed by atoms with E-state index in [9.17, 15) is 23.9 Å². The van der Waals surface area contributed by atoms with Gasteiger partial charge in [0.05, 0.1) is 36.4 Å². The van der Waals surface area contributed by atoms with Crippen molar-refractivity contribution in [3.8, 4) is 5.75 Å². The molecule has 1 aliphatic heterocycles. The van der Waals surface area contributed by atoms with Gasteiger partial charge in [0.25, 0.3) is 0 Å². The Morgan fingerprint density at radius 1 is 0.976 bits per heavy atom. The van der Waals surface area contributed by atoms with Crippen molar-refractivity contribution < 1.29 is 28.6 Å². The van der Waals surface area contributed by atoms with E-state index in [1.807, 2.05) is 48.5 Å². The highest BCUT2D eigenvalue weighted by Crippen LogP contribution is 2.48. The molecule has 0 fully saturated rings. The van der Waals surface area contributed by atoms with Gasteiger partial charge in [0.1, 0.15) is 17.3 Å². The summed E-state index contributed by atoms with van der Waals surface area (Å²) >= 11 is 0. The van der Waals surface area contributed by atoms with Crippen LogP contribution in [0.5, 0.6) is 5.75 Å². The molecular formula is C34H35FN2O5. The first-order valence-corrected chi connectivity index (χ1v) is 14.5. The van der Waals surface area contributed by atoms with Crippen LogP contribution in [0.15, 0.2) is 84.6 Å². The Bertz CT molecular complexity index is 1470. The molecule has 7 nitrogen and oxygen atoms in total. The van der Waals surface area contributed by atoms with E-state index >= 15 is 0 Å². The van der Waals surface area contributed by atoms with E-state index in [-0.39, 0.29) is 42.7 Å². The molecule has 8 heteroatoms. The summed E-state index contributed by atoms with van der Waals surface area (Å²) in [6.07, 6.45) is 4.78. The molecule has 0 saturated carbocycles. The van der Waals surface area contributed by atoms with Crippen molar-refractivity contribution in [2.75, 3.05) is 16.8 Å². The number of carbonyl (C=O) groups is 3. The summed E-state index contributed by atoms with van der Waals surface area (Å²) in [5.41, 5.74) is 3.43. The smallest absolute Gasteiger partial charge is 0.303 e. The Labute approximate surface area is 245 Å². The first-order valence-electron chi connectivity index (χ1n) is 14.5. The van der Waals surface area contributed by atoms with E-state index in [2.05, 4.69) is 12.2 Å². The van der Waals surface area contributed by atoms with Gasteiger partial charge in [-0.25, -0.2) is 4.39 Å². The highest BCUT2D eigenvalue weighted by Gasteiger charge is 2.45. The zero-order valence-electron chi connectivity index (χ0n) is 23.6. The Balaban J connectivity index is 1.59. The van der Waals surface area contributed by atoms with Crippen molar-refractivity contribution in [2.45, 2.75) is 57.4 Å². The lowest BCUT2D eigenvalue weighted by atomic mass is 9.76. The summed E-state index contributed by atoms with van der Waals surface area (Å²) in [5.74, 6) is -2.15. The third-order valence-corrected chi connectivity index (χ3v) is 7.88. The van der Waals surface area contributed by atoms with E-state index in [1.54, 1.807) is 23.1 Å². The number of nitrogens with one attached hydrogen (secondary N) is 1. The maximum Gasteiger partial charge on any atom is 0.303 e. The number of carboxylic acid groups (broad SMARTS) is 1. The van der Waals surface area contributed by atoms with Crippen molar-refractivity contribution in [2.24, 2.45) is 5.92 Å². The molecule has 42 heavy (non-hydrogen) atoms. The van der Waals surface area contributed by atoms with Crippen LogP contribution in [0.25, 0.3) is 0 Å². The Morgan fingerprint density at radius 3 is 2.40 bits per heavy atom. The second-order valence-corrected chi connectivity index (χ2v) is 10.8. The lowest BCUT2D eigenvalue weighted by Gasteiger charge is -2.37. The molecule has 0 spiro atoms. The van der Waals surface area contributed by atoms with Gasteiger partial charge in [-0.1, -0.05) is 62.2 Å². The maximum atomic E-state index is 14.1. The minimum atomic E-state index is -1.07. The van der Waals surface area contributed by atoms with Crippen LogP contribution in [0.3, 0.4) is 0 Å². The van der Waals surface area contributed by atoms with Crippen LogP contribution >= 0.6 is 0 Å². The zero-order chi connectivity index (χ0) is 29.6. The van der Waals surface area contributed by atoms with Crippen LogP contribution in [0.1, 0.15) is 68.5 Å². The van der Waals surface area contributed by atoms with Crippen LogP contribution in [-0.4, -0.2) is 29.4 Å². The molecule has 1 heterocycles. The average molecular weight is 571 g/mol. The normalized spacial score (nSPS) is 19.6. The number of halogens is 1. The Kier molecular flexibility index (Phi) is 9.00. The summed E-state index contributed by atoms with van der Waals surface area (Å²) in [4.78, 5) is 40.9. The molecule has 2 aliphatic rings. The number of allylic oxidation sites excluding steroid dienone is 1. The molecule has 3 atom stereocenters. The Hall–Kier alpha value is -4.46. The van der Waals surface area contributed by atoms with E-state index in [0.29, 0.717) is 29.4 Å². The van der Waals surface area contributed by atoms with Gasteiger partial charge < -0.3 is 20.1 Å². The van der Waals surface area contributed by atoms with Crippen molar-refractivity contribution in [1.29, 1.82) is 0 Å². The first-order chi connectivity index (χ1) is 20.4. The molecule has 0 bridgehead atoms. The molecule has 0 unspecified atom stereocenters. The molecule has 1 aliphatic carbocycles. The summed E-state index contributed by atoms with van der Waals surface area (Å²) in [5, 5.41) is 12.8. The van der Waals surface area contributed by atoms with Gasteiger partial charge in [-0.2, -0.15) is 0 Å². The lowest BCUT2D eigenvalue weighted by molar-refractivity contribution is -0.138. The highest BCUT2D eigenvalue weighted by atomic mass is 19.1. The fraction of sp³-hybridized carbons (Fsp3) is 0.324. The number of ether oxygens (including phenoxy) is 1. The van der Waals surface area contributed by atoms with E-state index in [1.165, 1.54) is 12.1 Å². The fourth-order valence-electron chi connectivity index (χ4n) is 5.80. The second kappa shape index (κ2) is 13.0. The first kappa shape index (κ1) is 29.0. The summed E-state index contributed by atoms with van der Waals surface area (Å²) in [7, 11) is 0. The van der Waals surface area contributed by atoms with Crippen LogP contribution in [0.4, 0.5) is 15.8 Å². The number of unbranched alkanes of at least 4 members (excludes halogenated alkanes) is 2. The second-order valence-electron chi connectivity index (χ2n) is 10.8. The van der Waals surface area contributed by atoms with Crippen LogP contribution in [-0.2, 0) is 14.4 Å². The number of nitrogens with zero attached hydrogens (tertiary/aromatic N) is 1. The molecule has 1 amide bonds. The minimum Gasteiger partial charge on any atom is -0.494 e. The Morgan fingerprint density at radius 2 is 1.69 bits per heavy atom. The van der Waals surface area contributed by atoms with Gasteiger partial charge in [-0.3, -0.25) is 14.4 Å². The number of para-hydroxylation sites is 2. The number of rotatable bonds is 10. The van der Waals surface area contributed by atoms with Gasteiger partial charge in [-0.15, -0.1) is 0 Å². The number of Topliss-reactive ketones (excluding diaryl/α,β-unsaturated/α-hetero) is 1. The number of carbonyl (C=O) groups excluding carboxylic acids is 2. The SMILES string of the molecule is CCCCCOc1ccc([C@H]2[C@H]3C(=O)C[C@@H](c4ccc(F)cc4)C=C3Nc3ccccc3N2C(=O)CCC(=O)O)cc1. The fourth-order valence-corrected chi connectivity index (χ4v) is 5.80. The topological polar surface area (TPSA) is 95.9 Å². The number of hydrogen-bond donors (Lipinski definition) is 2. The summed E-state index contributed by atoms with van der Waals surface area (Å²) < 4.78 is 19.5. The van der Waals surface area contributed by atoms with E-state index in [0.717, 1.165) is 30.4 Å². The van der Waals surface area contributed by atoms with E-state index < -0.39 is 17.9 Å². The predicted molar refractivity (Wildman–Crippen MR) is 159 cm³/mol. The van der Waals surface area contributed by atoms with Gasteiger partial charge in [-0.05, 0) is 53.9 Å². The lowest BCUT2D eigenvalue weighted by Crippen LogP contribution is -2.42. The zero-order valence-corrected chi connectivity index (χ0v) is 23.6. The molecule has 0 radical (unpaired) electrons. The highest BCUT2D eigenvalue weighted by molar-refractivity contribution is 6.02. The molecule has 3 aromatic rings. The number of ketones is 1. The molecule has 0 aromatic heterocycles. The van der Waals surface area contributed by atoms with Crippen LogP contribution in [0.2, 0.25) is 0 Å². The van der Waals surface area contributed by atoms with Crippen molar-refractivity contribution in [1.82, 2.24) is 0 Å². The standard InChI is InChI=1S/C34H35FN2O5/c1-2-3-6-19-42-26-15-11-23(12-16-26)34-33-28(20-24(21-30(33)38)22-9-13-25(35)14-10-22)36-27-7-4-5-8-29(27)37(34)31(39)17-18-32(40)41/h4-5,7-16,20,24,33-34,36H,2-3,6,17-19,21H2,1H3,(H,40,41)/t24-,33+,34-/m0/s1. The largest absolute Gasteiger partial charge is 0.494 e. The average Bonchev–Trinajstić information content (AvgIpc) is 3.13. The number of fused-ring (bicyclic) bond motifs is 2. The van der Waals surface area contributed by atoms with Crippen molar-refractivity contribution >= 4 is 29.0 Å². The molecule has 5 rings (SSSR count). The van der Waals surface area contributed by atoms with E-state index in [4.69, 9.17) is 4.74 Å². The molecule has 218 valence electrons. The van der Waals surface area contributed by atoms with Gasteiger partial charge in [0.2, 0.25) is 5.91 Å². The van der Waals surface area contributed by atoms with Crippen molar-refractivity contribution in [3.05, 3.63) is 102 Å². The third kappa shape index (κ3) is 6.38.